The minimum Gasteiger partial charge on any atom is -0.303 e. The lowest BCUT2D eigenvalue weighted by molar-refractivity contribution is -0.108. The van der Waals surface area contributed by atoms with E-state index < -0.39 is 0 Å². The van der Waals surface area contributed by atoms with Gasteiger partial charge in [0.1, 0.15) is 6.29 Å². The Morgan fingerprint density at radius 1 is 1.06 bits per heavy atom. The predicted octanol–water partition coefficient (Wildman–Crippen LogP) is 4.99. The first-order chi connectivity index (χ1) is 7.74. The number of hydrogen-bond donors (Lipinski definition) is 0. The molecule has 0 aliphatic rings. The van der Waals surface area contributed by atoms with Gasteiger partial charge in [0.05, 0.1) is 0 Å². The van der Waals surface area contributed by atoms with Crippen LogP contribution in [0, 0.1) is 11.8 Å². The molecule has 0 heterocycles. The van der Waals surface area contributed by atoms with Crippen LogP contribution in [0.4, 0.5) is 0 Å². The topological polar surface area (TPSA) is 17.1 Å². The third-order valence-electron chi connectivity index (χ3n) is 3.53. The maximum absolute atomic E-state index is 10.4. The summed E-state index contributed by atoms with van der Waals surface area (Å²) in [7, 11) is 0. The van der Waals surface area contributed by atoms with Gasteiger partial charge in [0.2, 0.25) is 0 Å². The van der Waals surface area contributed by atoms with E-state index in [1.54, 1.807) is 0 Å². The summed E-state index contributed by atoms with van der Waals surface area (Å²) in [5, 5.41) is 0. The van der Waals surface area contributed by atoms with Gasteiger partial charge in [0.15, 0.2) is 0 Å². The standard InChI is InChI=1S/C15H30O/c1-4-6-7-8-9-10-15(5-2)13-14(3)11-12-16/h12,14-15H,4-11,13H2,1-3H3. The fourth-order valence-corrected chi connectivity index (χ4v) is 2.35. The van der Waals surface area contributed by atoms with Gasteiger partial charge in [-0.2, -0.15) is 0 Å². The second-order valence-electron chi connectivity index (χ2n) is 5.22. The molecule has 0 N–H and O–H groups in total. The average molecular weight is 226 g/mol. The van der Waals surface area contributed by atoms with Crippen molar-refractivity contribution in [3.05, 3.63) is 0 Å². The average Bonchev–Trinajstić information content (AvgIpc) is 2.27. The first-order valence-electron chi connectivity index (χ1n) is 7.18. The van der Waals surface area contributed by atoms with Crippen molar-refractivity contribution in [3.63, 3.8) is 0 Å². The van der Waals surface area contributed by atoms with E-state index >= 15 is 0 Å². The fraction of sp³-hybridized carbons (Fsp3) is 0.933. The van der Waals surface area contributed by atoms with E-state index in [0.29, 0.717) is 5.92 Å². The van der Waals surface area contributed by atoms with E-state index in [-0.39, 0.29) is 0 Å². The van der Waals surface area contributed by atoms with E-state index in [1.165, 1.54) is 51.4 Å². The molecule has 0 radical (unpaired) electrons. The molecule has 0 aromatic rings. The highest BCUT2D eigenvalue weighted by Gasteiger charge is 2.10. The Morgan fingerprint density at radius 2 is 1.75 bits per heavy atom. The van der Waals surface area contributed by atoms with E-state index in [9.17, 15) is 4.79 Å². The first kappa shape index (κ1) is 15.7. The van der Waals surface area contributed by atoms with E-state index in [0.717, 1.165) is 18.6 Å². The van der Waals surface area contributed by atoms with Gasteiger partial charge in [-0.15, -0.1) is 0 Å². The zero-order valence-corrected chi connectivity index (χ0v) is 11.5. The summed E-state index contributed by atoms with van der Waals surface area (Å²) < 4.78 is 0. The lowest BCUT2D eigenvalue weighted by Crippen LogP contribution is -2.06. The summed E-state index contributed by atoms with van der Waals surface area (Å²) in [4.78, 5) is 10.4. The zero-order chi connectivity index (χ0) is 12.2. The Morgan fingerprint density at radius 3 is 2.31 bits per heavy atom. The summed E-state index contributed by atoms with van der Waals surface area (Å²) in [6, 6.07) is 0. The zero-order valence-electron chi connectivity index (χ0n) is 11.5. The maximum atomic E-state index is 10.4. The van der Waals surface area contributed by atoms with Crippen molar-refractivity contribution in [1.82, 2.24) is 0 Å². The van der Waals surface area contributed by atoms with E-state index in [2.05, 4.69) is 20.8 Å². The SMILES string of the molecule is CCCCCCCC(CC)CC(C)CC=O. The Kier molecular flexibility index (Phi) is 10.9. The van der Waals surface area contributed by atoms with Gasteiger partial charge >= 0.3 is 0 Å². The molecule has 2 atom stereocenters. The molecule has 0 fully saturated rings. The van der Waals surface area contributed by atoms with Crippen LogP contribution in [0.25, 0.3) is 0 Å². The molecule has 1 nitrogen and oxygen atoms in total. The molecule has 0 aromatic heterocycles. The smallest absolute Gasteiger partial charge is 0.120 e. The summed E-state index contributed by atoms with van der Waals surface area (Å²) >= 11 is 0. The molecule has 0 spiro atoms. The highest BCUT2D eigenvalue weighted by molar-refractivity contribution is 5.49. The van der Waals surface area contributed by atoms with Crippen LogP contribution >= 0.6 is 0 Å². The number of carbonyl (C=O) groups is 1. The van der Waals surface area contributed by atoms with Crippen molar-refractivity contribution in [1.29, 1.82) is 0 Å². The lowest BCUT2D eigenvalue weighted by Gasteiger charge is -2.18. The Labute approximate surface area is 102 Å². The highest BCUT2D eigenvalue weighted by atomic mass is 16.1. The molecule has 0 aliphatic heterocycles. The molecule has 96 valence electrons. The minimum absolute atomic E-state index is 0.582. The van der Waals surface area contributed by atoms with Crippen molar-refractivity contribution < 1.29 is 4.79 Å². The molecular formula is C15H30O. The van der Waals surface area contributed by atoms with Crippen molar-refractivity contribution >= 4 is 6.29 Å². The second-order valence-corrected chi connectivity index (χ2v) is 5.22. The van der Waals surface area contributed by atoms with Crippen molar-refractivity contribution in [2.45, 2.75) is 78.6 Å². The van der Waals surface area contributed by atoms with Crippen LogP contribution in [0.3, 0.4) is 0 Å². The summed E-state index contributed by atoms with van der Waals surface area (Å²) in [5.41, 5.74) is 0. The van der Waals surface area contributed by atoms with E-state index in [4.69, 9.17) is 0 Å². The van der Waals surface area contributed by atoms with Crippen LogP contribution in [0.2, 0.25) is 0 Å². The largest absolute Gasteiger partial charge is 0.303 e. The molecule has 0 saturated carbocycles. The first-order valence-corrected chi connectivity index (χ1v) is 7.18. The molecule has 0 aromatic carbocycles. The Hall–Kier alpha value is -0.330. The minimum atomic E-state index is 0.582. The van der Waals surface area contributed by atoms with Crippen LogP contribution in [0.15, 0.2) is 0 Å². The molecule has 0 amide bonds. The van der Waals surface area contributed by atoms with Crippen LogP contribution in [-0.2, 0) is 4.79 Å². The molecular weight excluding hydrogens is 196 g/mol. The highest BCUT2D eigenvalue weighted by Crippen LogP contribution is 2.23. The molecule has 0 aliphatic carbocycles. The molecule has 0 bridgehead atoms. The van der Waals surface area contributed by atoms with Crippen LogP contribution in [-0.4, -0.2) is 6.29 Å². The molecule has 1 heteroatoms. The van der Waals surface area contributed by atoms with Gasteiger partial charge in [-0.25, -0.2) is 0 Å². The second kappa shape index (κ2) is 11.2. The quantitative estimate of drug-likeness (QED) is 0.358. The van der Waals surface area contributed by atoms with Crippen LogP contribution < -0.4 is 0 Å². The summed E-state index contributed by atoms with van der Waals surface area (Å²) in [5.74, 6) is 1.43. The number of carbonyl (C=O) groups excluding carboxylic acids is 1. The predicted molar refractivity (Wildman–Crippen MR) is 71.6 cm³/mol. The Balaban J connectivity index is 3.54. The lowest BCUT2D eigenvalue weighted by atomic mass is 9.88. The van der Waals surface area contributed by atoms with Gasteiger partial charge in [-0.05, 0) is 18.3 Å². The van der Waals surface area contributed by atoms with Crippen molar-refractivity contribution in [3.8, 4) is 0 Å². The van der Waals surface area contributed by atoms with Gasteiger partial charge in [-0.1, -0.05) is 65.7 Å². The molecule has 2 unspecified atom stereocenters. The van der Waals surface area contributed by atoms with Crippen molar-refractivity contribution in [2.24, 2.45) is 11.8 Å². The summed E-state index contributed by atoms with van der Waals surface area (Å²) in [6.07, 6.45) is 12.6. The number of rotatable bonds is 11. The monoisotopic (exact) mass is 226 g/mol. The third kappa shape index (κ3) is 8.94. The number of unbranched alkanes of at least 4 members (excludes halogenated alkanes) is 4. The molecule has 16 heavy (non-hydrogen) atoms. The molecule has 0 saturated heterocycles. The normalized spacial score (nSPS) is 14.7. The van der Waals surface area contributed by atoms with Gasteiger partial charge in [-0.3, -0.25) is 0 Å². The Bertz CT molecular complexity index is 154. The van der Waals surface area contributed by atoms with Crippen LogP contribution in [0.1, 0.15) is 78.6 Å². The fourth-order valence-electron chi connectivity index (χ4n) is 2.35. The van der Waals surface area contributed by atoms with Crippen molar-refractivity contribution in [2.75, 3.05) is 0 Å². The van der Waals surface area contributed by atoms with Gasteiger partial charge in [0, 0.05) is 6.42 Å². The number of aldehydes is 1. The summed E-state index contributed by atoms with van der Waals surface area (Å²) in [6.45, 7) is 6.74. The number of hydrogen-bond acceptors (Lipinski definition) is 1. The van der Waals surface area contributed by atoms with Gasteiger partial charge < -0.3 is 4.79 Å². The van der Waals surface area contributed by atoms with E-state index in [1.807, 2.05) is 0 Å². The molecule has 0 rings (SSSR count). The van der Waals surface area contributed by atoms with Gasteiger partial charge in [0.25, 0.3) is 0 Å². The maximum Gasteiger partial charge on any atom is 0.120 e. The van der Waals surface area contributed by atoms with Crippen LogP contribution in [0.5, 0.6) is 0 Å². The third-order valence-corrected chi connectivity index (χ3v) is 3.53.